The van der Waals surface area contributed by atoms with Crippen LogP contribution in [0.25, 0.3) is 0 Å². The SMILES string of the molecule is CC(=O)c1cc(C(F)F)c(I)cc1C(F)(F)F. The monoisotopic (exact) mass is 364 g/mol. The minimum Gasteiger partial charge on any atom is -0.294 e. The van der Waals surface area contributed by atoms with Crippen molar-refractivity contribution in [3.8, 4) is 0 Å². The lowest BCUT2D eigenvalue weighted by atomic mass is 10.0. The first kappa shape index (κ1) is 14.3. The van der Waals surface area contributed by atoms with E-state index in [1.165, 1.54) is 22.6 Å². The van der Waals surface area contributed by atoms with E-state index in [0.717, 1.165) is 6.92 Å². The van der Waals surface area contributed by atoms with Gasteiger partial charge in [-0.15, -0.1) is 0 Å². The largest absolute Gasteiger partial charge is 0.417 e. The first-order valence-electron chi connectivity index (χ1n) is 4.34. The zero-order chi connectivity index (χ0) is 13.4. The second-order valence-corrected chi connectivity index (χ2v) is 4.44. The molecule has 0 amide bonds. The number of rotatable bonds is 2. The van der Waals surface area contributed by atoms with Crippen LogP contribution in [0.3, 0.4) is 0 Å². The predicted octanol–water partition coefficient (Wildman–Crippen LogP) is 4.45. The Bertz CT molecular complexity index is 453. The van der Waals surface area contributed by atoms with Gasteiger partial charge in [-0.3, -0.25) is 4.79 Å². The summed E-state index contributed by atoms with van der Waals surface area (Å²) in [6.07, 6.45) is -7.65. The van der Waals surface area contributed by atoms with E-state index in [1.54, 1.807) is 0 Å². The third-order valence-corrected chi connectivity index (χ3v) is 2.99. The molecular weight excluding hydrogens is 358 g/mol. The van der Waals surface area contributed by atoms with Crippen molar-refractivity contribution in [1.82, 2.24) is 0 Å². The Kier molecular flexibility index (Phi) is 4.11. The second kappa shape index (κ2) is 4.87. The number of Topliss-reactive ketones (excluding diaryl/α,β-unsaturated/α-hetero) is 1. The van der Waals surface area contributed by atoms with Gasteiger partial charge in [-0.25, -0.2) is 8.78 Å². The van der Waals surface area contributed by atoms with Crippen molar-refractivity contribution in [1.29, 1.82) is 0 Å². The lowest BCUT2D eigenvalue weighted by molar-refractivity contribution is -0.138. The molecule has 0 radical (unpaired) electrons. The summed E-state index contributed by atoms with van der Waals surface area (Å²) in [6, 6.07) is 1.18. The zero-order valence-electron chi connectivity index (χ0n) is 8.41. The molecule has 1 nitrogen and oxygen atoms in total. The van der Waals surface area contributed by atoms with Gasteiger partial charge in [-0.1, -0.05) is 0 Å². The average Bonchev–Trinajstić information content (AvgIpc) is 2.14. The third kappa shape index (κ3) is 3.14. The lowest BCUT2D eigenvalue weighted by Gasteiger charge is -2.14. The van der Waals surface area contributed by atoms with E-state index in [1.807, 2.05) is 0 Å². The van der Waals surface area contributed by atoms with Gasteiger partial charge in [-0.2, -0.15) is 13.2 Å². The van der Waals surface area contributed by atoms with Gasteiger partial charge < -0.3 is 0 Å². The van der Waals surface area contributed by atoms with Gasteiger partial charge in [0.15, 0.2) is 5.78 Å². The molecule has 0 aliphatic heterocycles. The van der Waals surface area contributed by atoms with Crippen LogP contribution in [-0.2, 0) is 6.18 Å². The predicted molar refractivity (Wildman–Crippen MR) is 59.1 cm³/mol. The number of alkyl halides is 5. The smallest absolute Gasteiger partial charge is 0.294 e. The van der Waals surface area contributed by atoms with Gasteiger partial charge in [0.2, 0.25) is 0 Å². The fourth-order valence-corrected chi connectivity index (χ4v) is 1.99. The van der Waals surface area contributed by atoms with Crippen molar-refractivity contribution >= 4 is 28.4 Å². The van der Waals surface area contributed by atoms with Crippen LogP contribution in [0.1, 0.15) is 34.8 Å². The van der Waals surface area contributed by atoms with Crippen LogP contribution >= 0.6 is 22.6 Å². The quantitative estimate of drug-likeness (QED) is 0.431. The van der Waals surface area contributed by atoms with Gasteiger partial charge >= 0.3 is 6.18 Å². The number of halogens is 6. The second-order valence-electron chi connectivity index (χ2n) is 3.27. The van der Waals surface area contributed by atoms with Crippen LogP contribution in [0.4, 0.5) is 22.0 Å². The maximum Gasteiger partial charge on any atom is 0.417 e. The maximum absolute atomic E-state index is 12.6. The lowest BCUT2D eigenvalue weighted by Crippen LogP contribution is -2.13. The van der Waals surface area contributed by atoms with Crippen molar-refractivity contribution in [2.45, 2.75) is 19.5 Å². The molecule has 0 aliphatic carbocycles. The molecule has 0 atom stereocenters. The number of hydrogen-bond donors (Lipinski definition) is 0. The van der Waals surface area contributed by atoms with E-state index < -0.39 is 35.1 Å². The van der Waals surface area contributed by atoms with Crippen molar-refractivity contribution in [2.75, 3.05) is 0 Å². The van der Waals surface area contributed by atoms with Crippen molar-refractivity contribution in [3.63, 3.8) is 0 Å². The normalized spacial score (nSPS) is 12.0. The van der Waals surface area contributed by atoms with Crippen molar-refractivity contribution < 1.29 is 26.7 Å². The number of hydrogen-bond acceptors (Lipinski definition) is 1. The highest BCUT2D eigenvalue weighted by Crippen LogP contribution is 2.36. The minimum atomic E-state index is -4.73. The van der Waals surface area contributed by atoms with E-state index in [4.69, 9.17) is 0 Å². The minimum absolute atomic E-state index is 0.213. The number of carbonyl (C=O) groups is 1. The molecule has 0 aromatic heterocycles. The number of benzene rings is 1. The molecule has 0 spiro atoms. The molecule has 1 aromatic rings. The maximum atomic E-state index is 12.6. The number of ketones is 1. The highest BCUT2D eigenvalue weighted by Gasteiger charge is 2.35. The summed E-state index contributed by atoms with van der Waals surface area (Å²) in [7, 11) is 0. The molecule has 0 aliphatic rings. The molecule has 7 heteroatoms. The van der Waals surface area contributed by atoms with E-state index in [-0.39, 0.29) is 3.57 Å². The molecule has 0 N–H and O–H groups in total. The molecule has 17 heavy (non-hydrogen) atoms. The summed E-state index contributed by atoms with van der Waals surface area (Å²) < 4.78 is 62.5. The fourth-order valence-electron chi connectivity index (χ4n) is 1.28. The summed E-state index contributed by atoms with van der Waals surface area (Å²) in [5, 5.41) is 0. The molecule has 0 fully saturated rings. The van der Waals surface area contributed by atoms with Crippen molar-refractivity contribution in [2.24, 2.45) is 0 Å². The van der Waals surface area contributed by atoms with E-state index >= 15 is 0 Å². The molecule has 0 saturated carbocycles. The molecule has 0 saturated heterocycles. The van der Waals surface area contributed by atoms with Crippen LogP contribution in [0.2, 0.25) is 0 Å². The third-order valence-electron chi connectivity index (χ3n) is 2.06. The summed E-state index contributed by atoms with van der Waals surface area (Å²) >= 11 is 1.39. The summed E-state index contributed by atoms with van der Waals surface area (Å²) in [6.45, 7) is 0.909. The average molecular weight is 364 g/mol. The number of carbonyl (C=O) groups excluding carboxylic acids is 1. The Balaban J connectivity index is 3.53. The first-order valence-corrected chi connectivity index (χ1v) is 5.42. The van der Waals surface area contributed by atoms with Gasteiger partial charge in [-0.05, 0) is 41.6 Å². The molecule has 1 rings (SSSR count). The van der Waals surface area contributed by atoms with Crippen LogP contribution in [0.5, 0.6) is 0 Å². The molecule has 0 unspecified atom stereocenters. The van der Waals surface area contributed by atoms with Gasteiger partial charge in [0.25, 0.3) is 6.43 Å². The van der Waals surface area contributed by atoms with Gasteiger partial charge in [0.05, 0.1) is 5.56 Å². The van der Waals surface area contributed by atoms with Crippen LogP contribution in [0.15, 0.2) is 12.1 Å². The topological polar surface area (TPSA) is 17.1 Å². The van der Waals surface area contributed by atoms with Crippen LogP contribution in [0, 0.1) is 3.57 Å². The molecule has 1 aromatic carbocycles. The standard InChI is InChI=1S/C10H6F5IO/c1-4(17)5-2-6(9(11)12)8(16)3-7(5)10(13,14)15/h2-3,9H,1H3. The van der Waals surface area contributed by atoms with Crippen LogP contribution in [-0.4, -0.2) is 5.78 Å². The molecule has 0 bridgehead atoms. The van der Waals surface area contributed by atoms with Gasteiger partial charge in [0.1, 0.15) is 0 Å². The highest BCUT2D eigenvalue weighted by atomic mass is 127. The van der Waals surface area contributed by atoms with E-state index in [9.17, 15) is 26.7 Å². The summed E-state index contributed by atoms with van der Waals surface area (Å²) in [5.74, 6) is -0.893. The van der Waals surface area contributed by atoms with Crippen molar-refractivity contribution in [3.05, 3.63) is 32.4 Å². The fraction of sp³-hybridized carbons (Fsp3) is 0.300. The Morgan fingerprint density at radius 1 is 1.29 bits per heavy atom. The highest BCUT2D eigenvalue weighted by molar-refractivity contribution is 14.1. The summed E-state index contributed by atoms with van der Waals surface area (Å²) in [4.78, 5) is 11.1. The Morgan fingerprint density at radius 3 is 2.18 bits per heavy atom. The van der Waals surface area contributed by atoms with E-state index in [2.05, 4.69) is 0 Å². The Hall–Kier alpha value is -0.730. The zero-order valence-corrected chi connectivity index (χ0v) is 10.6. The Morgan fingerprint density at radius 2 is 1.82 bits per heavy atom. The first-order chi connectivity index (χ1) is 7.64. The van der Waals surface area contributed by atoms with E-state index in [0.29, 0.717) is 12.1 Å². The summed E-state index contributed by atoms with van der Waals surface area (Å²) in [5.41, 5.74) is -2.48. The van der Waals surface area contributed by atoms with Gasteiger partial charge in [0, 0.05) is 14.7 Å². The molecule has 0 heterocycles. The molecular formula is C10H6F5IO. The van der Waals surface area contributed by atoms with Crippen LogP contribution < -0.4 is 0 Å². The Labute approximate surface area is 107 Å². The molecule has 94 valence electrons.